The summed E-state index contributed by atoms with van der Waals surface area (Å²) in [7, 11) is 0. The Hall–Kier alpha value is -0.120. The molecule has 0 aliphatic heterocycles. The van der Waals surface area contributed by atoms with Crippen molar-refractivity contribution in [2.75, 3.05) is 39.3 Å². The fraction of sp³-hybridized carbons (Fsp3) is 1.00. The highest BCUT2D eigenvalue weighted by Crippen LogP contribution is 2.23. The Morgan fingerprint density at radius 1 is 0.952 bits per heavy atom. The summed E-state index contributed by atoms with van der Waals surface area (Å²) in [4.78, 5) is 5.28. The van der Waals surface area contributed by atoms with Gasteiger partial charge in [0.1, 0.15) is 0 Å². The van der Waals surface area contributed by atoms with Crippen LogP contribution in [0.5, 0.6) is 0 Å². The van der Waals surface area contributed by atoms with E-state index in [1.54, 1.807) is 0 Å². The first-order valence-electron chi connectivity index (χ1n) is 9.44. The molecule has 0 aromatic carbocycles. The molecule has 0 radical (unpaired) electrons. The average molecular weight is 298 g/mol. The first kappa shape index (κ1) is 18.9. The normalized spacial score (nSPS) is 23.1. The maximum absolute atomic E-state index is 3.74. The summed E-state index contributed by atoms with van der Waals surface area (Å²) in [6.07, 6.45) is 8.12. The van der Waals surface area contributed by atoms with Gasteiger partial charge < -0.3 is 15.1 Å². The zero-order valence-corrected chi connectivity index (χ0v) is 15.0. The highest BCUT2D eigenvalue weighted by Gasteiger charge is 2.25. The number of hydrogen-bond acceptors (Lipinski definition) is 3. The standard InChI is InChI=1S/C18H39N3/c1-5-13-19-17-11-9-12-18(16-17)21(8-4)15-10-14-20(6-2)7-3/h17-19H,5-16H2,1-4H3. The zero-order valence-electron chi connectivity index (χ0n) is 15.0. The first-order chi connectivity index (χ1) is 10.2. The van der Waals surface area contributed by atoms with E-state index in [4.69, 9.17) is 0 Å². The summed E-state index contributed by atoms with van der Waals surface area (Å²) in [6, 6.07) is 1.58. The van der Waals surface area contributed by atoms with E-state index in [-0.39, 0.29) is 0 Å². The number of rotatable bonds is 11. The number of nitrogens with one attached hydrogen (secondary N) is 1. The van der Waals surface area contributed by atoms with Crippen LogP contribution in [-0.4, -0.2) is 61.2 Å². The van der Waals surface area contributed by atoms with E-state index in [9.17, 15) is 0 Å². The lowest BCUT2D eigenvalue weighted by Crippen LogP contribution is -2.45. The second-order valence-electron chi connectivity index (χ2n) is 6.48. The van der Waals surface area contributed by atoms with Crippen LogP contribution in [0.15, 0.2) is 0 Å². The van der Waals surface area contributed by atoms with Gasteiger partial charge in [0.2, 0.25) is 0 Å². The molecule has 126 valence electrons. The molecule has 0 aromatic heterocycles. The molecule has 0 spiro atoms. The van der Waals surface area contributed by atoms with Gasteiger partial charge in [-0.3, -0.25) is 0 Å². The summed E-state index contributed by atoms with van der Waals surface area (Å²) >= 11 is 0. The van der Waals surface area contributed by atoms with Crippen LogP contribution in [0, 0.1) is 0 Å². The fourth-order valence-corrected chi connectivity index (χ4v) is 3.67. The molecule has 1 saturated carbocycles. The SMILES string of the molecule is CCCNC1CCCC(N(CC)CCCN(CC)CC)C1. The van der Waals surface area contributed by atoms with Gasteiger partial charge in [0.15, 0.2) is 0 Å². The maximum atomic E-state index is 3.74. The van der Waals surface area contributed by atoms with E-state index in [2.05, 4.69) is 42.8 Å². The Balaban J connectivity index is 2.33. The molecule has 2 unspecified atom stereocenters. The Morgan fingerprint density at radius 2 is 1.71 bits per heavy atom. The molecule has 1 N–H and O–H groups in total. The van der Waals surface area contributed by atoms with Gasteiger partial charge in [0.05, 0.1) is 0 Å². The summed E-state index contributed by atoms with van der Waals surface area (Å²) in [5, 5.41) is 3.74. The van der Waals surface area contributed by atoms with Crippen LogP contribution in [-0.2, 0) is 0 Å². The molecule has 2 atom stereocenters. The lowest BCUT2D eigenvalue weighted by atomic mass is 9.89. The highest BCUT2D eigenvalue weighted by atomic mass is 15.2. The van der Waals surface area contributed by atoms with E-state index in [1.807, 2.05) is 0 Å². The Kier molecular flexibility index (Phi) is 10.3. The fourth-order valence-electron chi connectivity index (χ4n) is 3.67. The van der Waals surface area contributed by atoms with E-state index >= 15 is 0 Å². The summed E-state index contributed by atoms with van der Waals surface area (Å²) in [6.45, 7) is 16.4. The molecule has 0 bridgehead atoms. The minimum atomic E-state index is 0.764. The molecule has 1 aliphatic carbocycles. The lowest BCUT2D eigenvalue weighted by Gasteiger charge is -2.37. The molecule has 0 amide bonds. The molecule has 0 aromatic rings. The predicted octanol–water partition coefficient (Wildman–Crippen LogP) is 3.35. The monoisotopic (exact) mass is 297 g/mol. The quantitative estimate of drug-likeness (QED) is 0.631. The molecule has 1 aliphatic rings. The van der Waals surface area contributed by atoms with Crippen LogP contribution in [0.4, 0.5) is 0 Å². The minimum Gasteiger partial charge on any atom is -0.314 e. The molecule has 0 heterocycles. The van der Waals surface area contributed by atoms with Crippen LogP contribution in [0.1, 0.15) is 66.2 Å². The second kappa shape index (κ2) is 11.4. The third-order valence-electron chi connectivity index (χ3n) is 5.07. The van der Waals surface area contributed by atoms with Crippen LogP contribution in [0.25, 0.3) is 0 Å². The van der Waals surface area contributed by atoms with Gasteiger partial charge in [-0.25, -0.2) is 0 Å². The van der Waals surface area contributed by atoms with Gasteiger partial charge in [-0.1, -0.05) is 34.1 Å². The van der Waals surface area contributed by atoms with E-state index in [0.29, 0.717) is 0 Å². The molecular weight excluding hydrogens is 258 g/mol. The van der Waals surface area contributed by atoms with Crippen LogP contribution in [0.3, 0.4) is 0 Å². The zero-order chi connectivity index (χ0) is 15.5. The highest BCUT2D eigenvalue weighted by molar-refractivity contribution is 4.83. The van der Waals surface area contributed by atoms with Crippen molar-refractivity contribution in [1.29, 1.82) is 0 Å². The summed E-state index contributed by atoms with van der Waals surface area (Å²) in [5.41, 5.74) is 0. The van der Waals surface area contributed by atoms with Gasteiger partial charge in [-0.15, -0.1) is 0 Å². The third-order valence-corrected chi connectivity index (χ3v) is 5.07. The first-order valence-corrected chi connectivity index (χ1v) is 9.44. The molecule has 1 rings (SSSR count). The Morgan fingerprint density at radius 3 is 2.33 bits per heavy atom. The van der Waals surface area contributed by atoms with Gasteiger partial charge in [0, 0.05) is 12.1 Å². The molecule has 21 heavy (non-hydrogen) atoms. The number of nitrogens with zero attached hydrogens (tertiary/aromatic N) is 2. The largest absolute Gasteiger partial charge is 0.314 e. The topological polar surface area (TPSA) is 18.5 Å². The lowest BCUT2D eigenvalue weighted by molar-refractivity contribution is 0.138. The van der Waals surface area contributed by atoms with Gasteiger partial charge in [-0.05, 0) is 71.4 Å². The van der Waals surface area contributed by atoms with E-state index in [1.165, 1.54) is 77.8 Å². The van der Waals surface area contributed by atoms with Crippen molar-refractivity contribution in [1.82, 2.24) is 15.1 Å². The van der Waals surface area contributed by atoms with Crippen molar-refractivity contribution in [2.45, 2.75) is 78.3 Å². The minimum absolute atomic E-state index is 0.764. The van der Waals surface area contributed by atoms with Crippen molar-refractivity contribution < 1.29 is 0 Å². The van der Waals surface area contributed by atoms with E-state index < -0.39 is 0 Å². The van der Waals surface area contributed by atoms with Gasteiger partial charge >= 0.3 is 0 Å². The molecule has 3 heteroatoms. The third kappa shape index (κ3) is 7.12. The Labute approximate surface area is 133 Å². The molecule has 1 fully saturated rings. The maximum Gasteiger partial charge on any atom is 0.0110 e. The van der Waals surface area contributed by atoms with Crippen LogP contribution in [0.2, 0.25) is 0 Å². The second-order valence-corrected chi connectivity index (χ2v) is 6.48. The average Bonchev–Trinajstić information content (AvgIpc) is 2.53. The Bertz CT molecular complexity index is 241. The summed E-state index contributed by atoms with van der Waals surface area (Å²) < 4.78 is 0. The van der Waals surface area contributed by atoms with E-state index in [0.717, 1.165) is 12.1 Å². The van der Waals surface area contributed by atoms with Crippen LogP contribution < -0.4 is 5.32 Å². The molecule has 3 nitrogen and oxygen atoms in total. The van der Waals surface area contributed by atoms with Crippen molar-refractivity contribution in [3.63, 3.8) is 0 Å². The number of hydrogen-bond donors (Lipinski definition) is 1. The molecular formula is C18H39N3. The van der Waals surface area contributed by atoms with Crippen molar-refractivity contribution in [2.24, 2.45) is 0 Å². The van der Waals surface area contributed by atoms with Crippen molar-refractivity contribution >= 4 is 0 Å². The molecule has 0 saturated heterocycles. The van der Waals surface area contributed by atoms with Gasteiger partial charge in [-0.2, -0.15) is 0 Å². The van der Waals surface area contributed by atoms with Crippen molar-refractivity contribution in [3.05, 3.63) is 0 Å². The van der Waals surface area contributed by atoms with Gasteiger partial charge in [0.25, 0.3) is 0 Å². The van der Waals surface area contributed by atoms with Crippen LogP contribution >= 0.6 is 0 Å². The summed E-state index contributed by atoms with van der Waals surface area (Å²) in [5.74, 6) is 0. The smallest absolute Gasteiger partial charge is 0.0110 e. The predicted molar refractivity (Wildman–Crippen MR) is 94.0 cm³/mol. The van der Waals surface area contributed by atoms with Crippen molar-refractivity contribution in [3.8, 4) is 0 Å².